The van der Waals surface area contributed by atoms with Crippen LogP contribution in [0, 0.1) is 11.6 Å². The second-order valence-corrected chi connectivity index (χ2v) is 22.6. The topological polar surface area (TPSA) is 242 Å². The molecule has 6 amide bonds. The summed E-state index contributed by atoms with van der Waals surface area (Å²) >= 11 is 0. The van der Waals surface area contributed by atoms with Gasteiger partial charge in [-0.25, -0.2) is 18.4 Å². The number of amides is 6. The van der Waals surface area contributed by atoms with Crippen molar-refractivity contribution >= 4 is 70.1 Å². The van der Waals surface area contributed by atoms with Crippen LogP contribution in [-0.4, -0.2) is 165 Å². The van der Waals surface area contributed by atoms with Crippen molar-refractivity contribution in [3.8, 4) is 11.4 Å². The summed E-state index contributed by atoms with van der Waals surface area (Å²) in [7, 11) is 3.00. The fraction of sp³-hybridized carbons (Fsp3) is 0.593. The summed E-state index contributed by atoms with van der Waals surface area (Å²) in [6.07, 6.45) is 0.517. The fourth-order valence-corrected chi connectivity index (χ4v) is 9.61. The standard InChI is InChI=1S/C44H54F2N6O9.C13H26N2O3.C2H6/c1-9-36(49-41(56)23(2)50(8)43(58)61-44(5,6)7)42(57)52-21-31(60-25(4)55)17-29(52)19-35-33-13-11-27(46)15-38(33)48-40(35)39-34(32-12-10-26(45)14-37(32)47-39)18-28-16-30(59-24(3)54)20-51(28)22-53;1-8-9(2)14-11(16)10(3)15(7)12(17)18-13(4,5)6;1-2/h10-15,22-23,28-31,36,47-48H,9,16-21H2,1-8H3,(H,49,56);9-10H,8H2,1-7H3,(H,14,16);1-2H3/t23-,28?,29?,30?,31?,36?;9?,10-;/m00./s1. The van der Waals surface area contributed by atoms with Crippen LogP contribution in [0.3, 0.4) is 0 Å². The Morgan fingerprint density at radius 3 is 1.51 bits per heavy atom. The Morgan fingerprint density at radius 2 is 1.10 bits per heavy atom. The van der Waals surface area contributed by atoms with Gasteiger partial charge in [0.1, 0.15) is 53.2 Å². The lowest BCUT2D eigenvalue weighted by Crippen LogP contribution is -2.55. The molecule has 6 unspecified atom stereocenters. The Hall–Kier alpha value is -7.26. The number of carbonyl (C=O) groups is 8. The number of aromatic amines is 2. The SMILES string of the molecule is CC.CCC(C)NC(=O)[C@H](C)N(C)C(=O)OC(C)(C)C.CCC(NC(=O)[C@H](C)N(C)C(=O)OC(C)(C)C)C(=O)N1CC(OC(C)=O)CC1Cc1c(-c2[nH]c3cc(F)ccc3c2CC2CC(OC(C)=O)CN2C=O)[nH]c2cc(F)ccc12. The van der Waals surface area contributed by atoms with Gasteiger partial charge in [-0.1, -0.05) is 27.7 Å². The predicted molar refractivity (Wildman–Crippen MR) is 304 cm³/mol. The maximum atomic E-state index is 14.8. The van der Waals surface area contributed by atoms with Gasteiger partial charge in [0, 0.05) is 80.7 Å². The highest BCUT2D eigenvalue weighted by atomic mass is 19.1. The lowest BCUT2D eigenvalue weighted by atomic mass is 9.95. The van der Waals surface area contributed by atoms with Gasteiger partial charge in [-0.15, -0.1) is 0 Å². The van der Waals surface area contributed by atoms with Crippen LogP contribution in [0.5, 0.6) is 0 Å². The number of halogens is 2. The van der Waals surface area contributed by atoms with Gasteiger partial charge < -0.3 is 49.3 Å². The van der Waals surface area contributed by atoms with Crippen molar-refractivity contribution in [1.82, 2.24) is 40.2 Å². The Balaban J connectivity index is 0.000000602. The highest BCUT2D eigenvalue weighted by Gasteiger charge is 2.42. The quantitative estimate of drug-likeness (QED) is 0.0441. The monoisotopic (exact) mass is 1140 g/mol. The first-order valence-electron chi connectivity index (χ1n) is 27.8. The largest absolute Gasteiger partial charge is 0.461 e. The predicted octanol–water partition coefficient (Wildman–Crippen LogP) is 8.71. The highest BCUT2D eigenvalue weighted by Crippen LogP contribution is 2.40. The zero-order chi connectivity index (χ0) is 61.0. The van der Waals surface area contributed by atoms with Crippen molar-refractivity contribution in [2.75, 3.05) is 27.2 Å². The van der Waals surface area contributed by atoms with Crippen molar-refractivity contribution in [2.24, 2.45) is 0 Å². The number of nitrogens with one attached hydrogen (secondary N) is 4. The number of likely N-dealkylation sites (N-methyl/N-ethyl adjacent to an activating group) is 2. The number of H-pyrrole nitrogens is 2. The second kappa shape index (κ2) is 28.4. The number of esters is 2. The zero-order valence-electron chi connectivity index (χ0n) is 50.3. The van der Waals surface area contributed by atoms with Gasteiger partial charge in [0.25, 0.3) is 0 Å². The molecular weight excluding hydrogens is 1050 g/mol. The average molecular weight is 1140 g/mol. The highest BCUT2D eigenvalue weighted by molar-refractivity contribution is 5.97. The van der Waals surface area contributed by atoms with Crippen LogP contribution in [0.1, 0.15) is 141 Å². The molecule has 2 aliphatic rings. The summed E-state index contributed by atoms with van der Waals surface area (Å²) in [6.45, 7) is 26.3. The van der Waals surface area contributed by atoms with E-state index < -0.39 is 95.2 Å². The van der Waals surface area contributed by atoms with Gasteiger partial charge in [0.05, 0.1) is 24.5 Å². The van der Waals surface area contributed by atoms with Crippen molar-refractivity contribution in [3.63, 3.8) is 0 Å². The molecule has 22 heteroatoms. The molecule has 2 saturated heterocycles. The van der Waals surface area contributed by atoms with Crippen LogP contribution in [0.25, 0.3) is 33.2 Å². The van der Waals surface area contributed by atoms with Gasteiger partial charge in [0.15, 0.2) is 0 Å². The number of aromatic nitrogens is 2. The van der Waals surface area contributed by atoms with Crippen molar-refractivity contribution in [3.05, 3.63) is 59.2 Å². The van der Waals surface area contributed by atoms with Gasteiger partial charge in [-0.05, 0) is 136 Å². The maximum Gasteiger partial charge on any atom is 0.410 e. The fourth-order valence-electron chi connectivity index (χ4n) is 9.61. The molecule has 8 atom stereocenters. The number of carbonyl (C=O) groups excluding carboxylic acids is 8. The lowest BCUT2D eigenvalue weighted by molar-refractivity contribution is -0.147. The number of ether oxygens (including phenoxy) is 4. The molecule has 6 rings (SSSR count). The molecule has 4 heterocycles. The van der Waals surface area contributed by atoms with Crippen LogP contribution < -0.4 is 10.6 Å². The number of fused-ring (bicyclic) bond motifs is 2. The molecule has 2 fully saturated rings. The minimum atomic E-state index is -1.00. The van der Waals surface area contributed by atoms with Crippen LogP contribution in [-0.2, 0) is 60.6 Å². The molecule has 0 aliphatic carbocycles. The van der Waals surface area contributed by atoms with Gasteiger partial charge in [0.2, 0.25) is 24.1 Å². The summed E-state index contributed by atoms with van der Waals surface area (Å²) in [6, 6.07) is 5.29. The molecule has 0 bridgehead atoms. The smallest absolute Gasteiger partial charge is 0.410 e. The van der Waals surface area contributed by atoms with E-state index >= 15 is 0 Å². The first-order chi connectivity index (χ1) is 37.8. The van der Waals surface area contributed by atoms with Crippen molar-refractivity contribution < 1.29 is 66.1 Å². The van der Waals surface area contributed by atoms with E-state index in [0.29, 0.717) is 51.6 Å². The second-order valence-electron chi connectivity index (χ2n) is 22.6. The molecule has 2 aromatic carbocycles. The van der Waals surface area contributed by atoms with Crippen LogP contribution >= 0.6 is 0 Å². The molecular formula is C59H86F2N8O12. The maximum absolute atomic E-state index is 14.8. The summed E-state index contributed by atoms with van der Waals surface area (Å²) in [5.41, 5.74) is 2.12. The Morgan fingerprint density at radius 1 is 0.679 bits per heavy atom. The van der Waals surface area contributed by atoms with Gasteiger partial charge in [-0.3, -0.25) is 38.6 Å². The molecule has 2 aromatic heterocycles. The third-order valence-electron chi connectivity index (χ3n) is 14.1. The molecule has 4 aromatic rings. The number of benzene rings is 2. The zero-order valence-corrected chi connectivity index (χ0v) is 50.3. The number of likely N-dealkylation sites (tertiary alicyclic amines) is 2. The van der Waals surface area contributed by atoms with Crippen LogP contribution in [0.4, 0.5) is 18.4 Å². The van der Waals surface area contributed by atoms with E-state index in [-0.39, 0.29) is 50.3 Å². The van der Waals surface area contributed by atoms with Crippen LogP contribution in [0.15, 0.2) is 36.4 Å². The summed E-state index contributed by atoms with van der Waals surface area (Å²) in [5, 5.41) is 6.99. The Labute approximate surface area is 474 Å². The van der Waals surface area contributed by atoms with Crippen molar-refractivity contribution in [2.45, 2.75) is 202 Å². The van der Waals surface area contributed by atoms with E-state index in [1.54, 1.807) is 84.4 Å². The Kier molecular flexibility index (Phi) is 23.3. The van der Waals surface area contributed by atoms with E-state index in [1.165, 1.54) is 57.0 Å². The first kappa shape index (κ1) is 66.3. The van der Waals surface area contributed by atoms with E-state index in [0.717, 1.165) is 23.3 Å². The molecule has 0 radical (unpaired) electrons. The summed E-state index contributed by atoms with van der Waals surface area (Å²) in [4.78, 5) is 113. The minimum absolute atomic E-state index is 0.0404. The summed E-state index contributed by atoms with van der Waals surface area (Å²) in [5.74, 6) is -3.11. The summed E-state index contributed by atoms with van der Waals surface area (Å²) < 4.78 is 51.3. The molecule has 4 N–H and O–H groups in total. The third-order valence-corrected chi connectivity index (χ3v) is 14.1. The van der Waals surface area contributed by atoms with E-state index in [9.17, 15) is 47.1 Å². The van der Waals surface area contributed by atoms with Gasteiger partial charge in [-0.2, -0.15) is 0 Å². The Bertz CT molecular complexity index is 2870. The number of nitrogens with zero attached hydrogens (tertiary/aromatic N) is 4. The molecule has 81 heavy (non-hydrogen) atoms. The van der Waals surface area contributed by atoms with Crippen LogP contribution in [0.2, 0.25) is 0 Å². The first-order valence-corrected chi connectivity index (χ1v) is 27.8. The lowest BCUT2D eigenvalue weighted by Gasteiger charge is -2.31. The molecule has 0 saturated carbocycles. The average Bonchev–Trinajstić information content (AvgIpc) is 4.31. The molecule has 0 spiro atoms. The third kappa shape index (κ3) is 17.9. The van der Waals surface area contributed by atoms with E-state index in [4.69, 9.17) is 18.9 Å². The molecule has 20 nitrogen and oxygen atoms in total. The minimum Gasteiger partial charge on any atom is -0.461 e. The van der Waals surface area contributed by atoms with E-state index in [1.807, 2.05) is 27.7 Å². The number of hydrogen-bond acceptors (Lipinski definition) is 12. The molecule has 448 valence electrons. The van der Waals surface area contributed by atoms with E-state index in [2.05, 4.69) is 20.6 Å². The van der Waals surface area contributed by atoms with Crippen molar-refractivity contribution in [1.29, 1.82) is 0 Å². The van der Waals surface area contributed by atoms with Gasteiger partial charge >= 0.3 is 24.1 Å². The molecule has 2 aliphatic heterocycles. The number of rotatable bonds is 17. The normalized spacial score (nSPS) is 18.5. The number of hydrogen-bond donors (Lipinski definition) is 4.